The van der Waals surface area contributed by atoms with E-state index in [-0.39, 0.29) is 6.04 Å². The number of ether oxygens (including phenoxy) is 1. The van der Waals surface area contributed by atoms with Gasteiger partial charge >= 0.3 is 0 Å². The smallest absolute Gasteiger partial charge is 0.0900 e. The molecule has 1 aliphatic carbocycles. The average molecular weight is 448 g/mol. The van der Waals surface area contributed by atoms with E-state index in [2.05, 4.69) is 69.5 Å². The lowest BCUT2D eigenvalue weighted by atomic mass is 10.1. The van der Waals surface area contributed by atoms with Crippen LogP contribution in [-0.2, 0) is 4.74 Å². The Morgan fingerprint density at radius 3 is 2.56 bits per heavy atom. The zero-order valence-electron chi connectivity index (χ0n) is 18.8. The Labute approximate surface area is 198 Å². The van der Waals surface area contributed by atoms with Crippen molar-refractivity contribution in [1.82, 2.24) is 14.5 Å². The lowest BCUT2D eigenvalue weighted by molar-refractivity contribution is 0.0864. The van der Waals surface area contributed by atoms with Gasteiger partial charge < -0.3 is 14.6 Å². The minimum Gasteiger partial charge on any atom is -0.381 e. The van der Waals surface area contributed by atoms with Crippen LogP contribution in [0.2, 0.25) is 0 Å². The maximum absolute atomic E-state index is 5.56. The highest BCUT2D eigenvalue weighted by Gasteiger charge is 2.18. The SMILES string of the molecule is c1ccc(-n2c3cc(=NC4CCOCC4)c(Nc4cccnc4)cc-3nc3ccccc32)cc1. The van der Waals surface area contributed by atoms with Crippen LogP contribution in [0.1, 0.15) is 12.8 Å². The summed E-state index contributed by atoms with van der Waals surface area (Å²) in [6, 6.07) is 27.1. The predicted octanol–water partition coefficient (Wildman–Crippen LogP) is 5.35. The molecule has 168 valence electrons. The quantitative estimate of drug-likeness (QED) is 0.377. The molecule has 1 fully saturated rings. The van der Waals surface area contributed by atoms with Crippen LogP contribution in [0.15, 0.2) is 96.2 Å². The van der Waals surface area contributed by atoms with Gasteiger partial charge in [0.15, 0.2) is 0 Å². The first-order valence-electron chi connectivity index (χ1n) is 11.6. The number of aromatic nitrogens is 3. The highest BCUT2D eigenvalue weighted by atomic mass is 16.5. The number of nitrogens with zero attached hydrogens (tertiary/aromatic N) is 4. The minimum atomic E-state index is 0.235. The molecule has 3 heterocycles. The molecule has 2 aliphatic heterocycles. The van der Waals surface area contributed by atoms with Gasteiger partial charge in [-0.15, -0.1) is 0 Å². The Hall–Kier alpha value is -4.03. The molecule has 6 rings (SSSR count). The predicted molar refractivity (Wildman–Crippen MR) is 135 cm³/mol. The number of fused-ring (bicyclic) bond motifs is 2. The molecule has 0 amide bonds. The molecule has 1 aromatic heterocycles. The molecular formula is C28H25N5O. The van der Waals surface area contributed by atoms with Crippen LogP contribution >= 0.6 is 0 Å². The normalized spacial score (nSPS) is 15.1. The molecule has 6 heteroatoms. The van der Waals surface area contributed by atoms with Gasteiger partial charge in [0.2, 0.25) is 0 Å². The summed E-state index contributed by atoms with van der Waals surface area (Å²) in [6.45, 7) is 1.51. The van der Waals surface area contributed by atoms with Gasteiger partial charge in [0.25, 0.3) is 0 Å². The second-order valence-corrected chi connectivity index (χ2v) is 8.47. The highest BCUT2D eigenvalue weighted by molar-refractivity contribution is 5.84. The molecule has 34 heavy (non-hydrogen) atoms. The lowest BCUT2D eigenvalue weighted by Gasteiger charge is -2.21. The van der Waals surface area contributed by atoms with Gasteiger partial charge in [0.1, 0.15) is 0 Å². The summed E-state index contributed by atoms with van der Waals surface area (Å²) in [5.41, 5.74) is 6.87. The summed E-state index contributed by atoms with van der Waals surface area (Å²) in [6.07, 6.45) is 5.45. The summed E-state index contributed by atoms with van der Waals surface area (Å²) < 4.78 is 7.83. The highest BCUT2D eigenvalue weighted by Crippen LogP contribution is 2.30. The van der Waals surface area contributed by atoms with E-state index in [1.54, 1.807) is 6.20 Å². The maximum Gasteiger partial charge on any atom is 0.0900 e. The van der Waals surface area contributed by atoms with Gasteiger partial charge in [-0.25, -0.2) is 4.98 Å². The van der Waals surface area contributed by atoms with Crippen molar-refractivity contribution < 1.29 is 4.74 Å². The number of pyridine rings is 1. The van der Waals surface area contributed by atoms with Crippen molar-refractivity contribution in [2.75, 3.05) is 18.5 Å². The summed E-state index contributed by atoms with van der Waals surface area (Å²) >= 11 is 0. The fourth-order valence-corrected chi connectivity index (χ4v) is 4.51. The molecule has 0 atom stereocenters. The lowest BCUT2D eigenvalue weighted by Crippen LogP contribution is -2.23. The molecule has 0 radical (unpaired) electrons. The number of nitrogens with one attached hydrogen (secondary N) is 1. The fourth-order valence-electron chi connectivity index (χ4n) is 4.51. The number of rotatable bonds is 4. The van der Waals surface area contributed by atoms with E-state index in [4.69, 9.17) is 14.7 Å². The molecule has 1 saturated heterocycles. The van der Waals surface area contributed by atoms with E-state index in [0.717, 1.165) is 70.9 Å². The van der Waals surface area contributed by atoms with E-state index in [0.29, 0.717) is 0 Å². The molecule has 3 aliphatic rings. The Morgan fingerprint density at radius 2 is 1.74 bits per heavy atom. The van der Waals surface area contributed by atoms with Crippen LogP contribution in [0.4, 0.5) is 11.4 Å². The zero-order chi connectivity index (χ0) is 22.7. The van der Waals surface area contributed by atoms with Gasteiger partial charge in [-0.2, -0.15) is 0 Å². The van der Waals surface area contributed by atoms with Crippen LogP contribution in [0.5, 0.6) is 0 Å². The Morgan fingerprint density at radius 1 is 0.912 bits per heavy atom. The van der Waals surface area contributed by atoms with Crippen molar-refractivity contribution in [2.45, 2.75) is 18.9 Å². The Balaban J connectivity index is 1.63. The van der Waals surface area contributed by atoms with Crippen molar-refractivity contribution in [1.29, 1.82) is 0 Å². The number of anilines is 2. The number of hydrogen-bond acceptors (Lipinski definition) is 5. The van der Waals surface area contributed by atoms with Gasteiger partial charge in [0.05, 0.1) is 51.4 Å². The van der Waals surface area contributed by atoms with Crippen molar-refractivity contribution >= 4 is 22.4 Å². The molecule has 0 saturated carbocycles. The first-order valence-corrected chi connectivity index (χ1v) is 11.6. The second-order valence-electron chi connectivity index (χ2n) is 8.47. The van der Waals surface area contributed by atoms with Gasteiger partial charge in [-0.1, -0.05) is 30.3 Å². The fraction of sp³-hybridized carbons (Fsp3) is 0.179. The minimum absolute atomic E-state index is 0.235. The Kier molecular flexibility index (Phi) is 5.49. The van der Waals surface area contributed by atoms with Gasteiger partial charge in [0, 0.05) is 25.1 Å². The Bertz CT molecular complexity index is 1460. The summed E-state index contributed by atoms with van der Waals surface area (Å²) in [5.74, 6) is 0. The van der Waals surface area contributed by atoms with Crippen LogP contribution in [0.25, 0.3) is 28.1 Å². The summed E-state index contributed by atoms with van der Waals surface area (Å²) in [5, 5.41) is 4.45. The summed E-state index contributed by atoms with van der Waals surface area (Å²) in [4.78, 5) is 14.4. The molecule has 1 N–H and O–H groups in total. The topological polar surface area (TPSA) is 64.3 Å². The van der Waals surface area contributed by atoms with Gasteiger partial charge in [-0.3, -0.25) is 9.98 Å². The average Bonchev–Trinajstić information content (AvgIpc) is 2.89. The third-order valence-corrected chi connectivity index (χ3v) is 6.16. The van der Waals surface area contributed by atoms with Crippen molar-refractivity contribution in [3.8, 4) is 17.1 Å². The van der Waals surface area contributed by atoms with E-state index in [1.165, 1.54) is 0 Å². The number of para-hydroxylation sites is 3. The summed E-state index contributed by atoms with van der Waals surface area (Å²) in [7, 11) is 0. The number of hydrogen-bond donors (Lipinski definition) is 1. The first kappa shape index (κ1) is 20.6. The monoisotopic (exact) mass is 447 g/mol. The maximum atomic E-state index is 5.56. The van der Waals surface area contributed by atoms with E-state index < -0.39 is 0 Å². The third kappa shape index (κ3) is 4.04. The molecular weight excluding hydrogens is 422 g/mol. The van der Waals surface area contributed by atoms with Crippen LogP contribution in [0.3, 0.4) is 0 Å². The second kappa shape index (κ2) is 9.08. The van der Waals surface area contributed by atoms with E-state index in [9.17, 15) is 0 Å². The third-order valence-electron chi connectivity index (χ3n) is 6.16. The van der Waals surface area contributed by atoms with Crippen LogP contribution in [0, 0.1) is 0 Å². The standard InChI is InChI=1S/C28H25N5O/c1-2-8-22(9-3-1)33-27-11-5-4-10-23(27)32-26-17-24(31-21-7-6-14-29-19-21)25(18-28(26)33)30-20-12-15-34-16-13-20/h1-11,14,17-20,31H,12-13,15-16H2. The van der Waals surface area contributed by atoms with Crippen molar-refractivity contribution in [2.24, 2.45) is 4.99 Å². The molecule has 2 aromatic carbocycles. The van der Waals surface area contributed by atoms with Crippen LogP contribution < -0.4 is 10.7 Å². The van der Waals surface area contributed by atoms with E-state index >= 15 is 0 Å². The largest absolute Gasteiger partial charge is 0.381 e. The van der Waals surface area contributed by atoms with E-state index in [1.807, 2.05) is 30.5 Å². The molecule has 0 unspecified atom stereocenters. The molecule has 3 aromatic rings. The molecule has 6 nitrogen and oxygen atoms in total. The first-order chi connectivity index (χ1) is 16.8. The van der Waals surface area contributed by atoms with Crippen molar-refractivity contribution in [3.63, 3.8) is 0 Å². The molecule has 0 spiro atoms. The number of benzene rings is 3. The zero-order valence-corrected chi connectivity index (χ0v) is 18.8. The molecule has 0 bridgehead atoms. The van der Waals surface area contributed by atoms with Crippen molar-refractivity contribution in [3.05, 3.63) is 96.6 Å². The van der Waals surface area contributed by atoms with Crippen LogP contribution in [-0.4, -0.2) is 33.8 Å². The van der Waals surface area contributed by atoms with Gasteiger partial charge in [-0.05, 0) is 61.4 Å².